The minimum atomic E-state index is -0.167. The van der Waals surface area contributed by atoms with Gasteiger partial charge in [-0.1, -0.05) is 54.9 Å². The first-order valence-corrected chi connectivity index (χ1v) is 19.9. The molecule has 0 radical (unpaired) electrons. The number of halogens is 2. The molecule has 3 aromatic carbocycles. The molecule has 310 valence electrons. The zero-order chi connectivity index (χ0) is 42.0. The van der Waals surface area contributed by atoms with E-state index in [-0.39, 0.29) is 19.4 Å². The molecule has 10 nitrogen and oxygen atoms in total. The molecule has 0 aliphatic rings. The number of hydrogen-bond donors (Lipinski definition) is 4. The zero-order valence-electron chi connectivity index (χ0n) is 33.8. The first-order valence-electron chi connectivity index (χ1n) is 19.2. The minimum Gasteiger partial charge on any atom is -0.399 e. The van der Waals surface area contributed by atoms with Crippen LogP contribution in [0.2, 0.25) is 10.0 Å². The molecule has 0 aliphatic heterocycles. The van der Waals surface area contributed by atoms with Gasteiger partial charge in [0, 0.05) is 75.0 Å². The number of benzene rings is 3. The highest BCUT2D eigenvalue weighted by atomic mass is 35.5. The number of aromatic nitrogens is 3. The van der Waals surface area contributed by atoms with Crippen molar-refractivity contribution < 1.29 is 9.90 Å². The lowest BCUT2D eigenvalue weighted by Gasteiger charge is -2.16. The number of nitriles is 1. The number of nitrogens with two attached hydrogens (primary N) is 1. The molecular formula is C47H56Cl2N8O2. The van der Waals surface area contributed by atoms with Crippen LogP contribution in [0.25, 0.3) is 10.9 Å². The van der Waals surface area contributed by atoms with Crippen LogP contribution in [0.3, 0.4) is 0 Å². The molecule has 0 unspecified atom stereocenters. The molecule has 12 heteroatoms. The Morgan fingerprint density at radius 1 is 0.864 bits per heavy atom. The number of amides is 1. The fraction of sp³-hybridized carbons (Fsp3) is 0.298. The molecule has 5 N–H and O–H groups in total. The maximum Gasteiger partial charge on any atom is 0.224 e. The van der Waals surface area contributed by atoms with Gasteiger partial charge in [0.1, 0.15) is 6.07 Å². The van der Waals surface area contributed by atoms with Crippen molar-refractivity contribution in [2.45, 2.75) is 72.8 Å². The van der Waals surface area contributed by atoms with Crippen molar-refractivity contribution in [3.63, 3.8) is 0 Å². The molecule has 0 saturated heterocycles. The second kappa shape index (κ2) is 24.4. The van der Waals surface area contributed by atoms with Gasteiger partial charge in [0.25, 0.3) is 0 Å². The number of nitrogens with zero attached hydrogens (tertiary/aromatic N) is 5. The first kappa shape index (κ1) is 47.8. The van der Waals surface area contributed by atoms with Crippen LogP contribution in [0.15, 0.2) is 104 Å². The van der Waals surface area contributed by atoms with Gasteiger partial charge in [-0.3, -0.25) is 19.7 Å². The van der Waals surface area contributed by atoms with E-state index in [4.69, 9.17) is 34.0 Å². The molecular weight excluding hydrogens is 779 g/mol. The summed E-state index contributed by atoms with van der Waals surface area (Å²) in [4.78, 5) is 27.7. The van der Waals surface area contributed by atoms with Crippen molar-refractivity contribution in [1.29, 1.82) is 5.26 Å². The summed E-state index contributed by atoms with van der Waals surface area (Å²) in [5, 5.41) is 26.4. The van der Waals surface area contributed by atoms with E-state index in [0.29, 0.717) is 34.1 Å². The Morgan fingerprint density at radius 3 is 1.98 bits per heavy atom. The molecule has 3 heterocycles. The first-order chi connectivity index (χ1) is 27.8. The lowest BCUT2D eigenvalue weighted by molar-refractivity contribution is -0.116. The van der Waals surface area contributed by atoms with Crippen LogP contribution in [-0.2, 0) is 30.5 Å². The Kier molecular flexibility index (Phi) is 19.7. The summed E-state index contributed by atoms with van der Waals surface area (Å²) in [5.41, 5.74) is 14.7. The van der Waals surface area contributed by atoms with Crippen molar-refractivity contribution >= 4 is 62.8 Å². The normalized spacial score (nSPS) is 10.5. The van der Waals surface area contributed by atoms with E-state index in [0.717, 1.165) is 88.3 Å². The Hall–Kier alpha value is -5.57. The van der Waals surface area contributed by atoms with E-state index < -0.39 is 0 Å². The highest BCUT2D eigenvalue weighted by molar-refractivity contribution is 6.32. The number of aryl methyl sites for hydroxylation is 5. The van der Waals surface area contributed by atoms with Crippen molar-refractivity contribution in [2.24, 2.45) is 0 Å². The number of anilines is 4. The predicted molar refractivity (Wildman–Crippen MR) is 246 cm³/mol. The lowest BCUT2D eigenvalue weighted by atomic mass is 10.0. The van der Waals surface area contributed by atoms with Gasteiger partial charge >= 0.3 is 0 Å². The largest absolute Gasteiger partial charge is 0.399 e. The summed E-state index contributed by atoms with van der Waals surface area (Å²) < 4.78 is 0. The Bertz CT molecular complexity index is 2280. The number of carbonyl (C=O) groups is 1. The SMILES string of the molecule is C.CC(C)O.Cc1cc2ncc(C#N)c(Nc3ccc(CCc4ccccn4)c(Cl)c3)c2cc1NC(=O)CCCN(C)C.Nc1ccc(CCc2ccccn2)c(Cl)c1. The summed E-state index contributed by atoms with van der Waals surface area (Å²) in [6.45, 7) is 6.23. The van der Waals surface area contributed by atoms with E-state index >= 15 is 0 Å². The summed E-state index contributed by atoms with van der Waals surface area (Å²) >= 11 is 12.7. The van der Waals surface area contributed by atoms with Gasteiger partial charge in [-0.15, -0.1) is 0 Å². The van der Waals surface area contributed by atoms with E-state index in [2.05, 4.69) is 36.6 Å². The molecule has 59 heavy (non-hydrogen) atoms. The van der Waals surface area contributed by atoms with Gasteiger partial charge < -0.3 is 26.4 Å². The zero-order valence-corrected chi connectivity index (χ0v) is 35.3. The monoisotopic (exact) mass is 834 g/mol. The molecule has 6 rings (SSSR count). The van der Waals surface area contributed by atoms with Gasteiger partial charge in [-0.05, 0) is 151 Å². The van der Waals surface area contributed by atoms with Crippen LogP contribution < -0.4 is 16.4 Å². The number of nitrogens with one attached hydrogen (secondary N) is 2. The third-order valence-corrected chi connectivity index (χ3v) is 9.47. The number of aliphatic hydroxyl groups is 1. The fourth-order valence-corrected chi connectivity index (χ4v) is 6.38. The summed E-state index contributed by atoms with van der Waals surface area (Å²) in [6, 6.07) is 29.3. The topological polar surface area (TPSA) is 153 Å². The standard InChI is InChI=1S/C30H31ClN6O.C13H13ClN2.C3H8O.CH4/c1-20-15-28-25(17-27(20)36-29(38)8-6-14-37(2)3)30(22(18-32)19-34-28)35-24-12-10-21(26(31)16-24)9-11-23-7-4-5-13-33-23;14-13-9-11(15)6-4-10(13)5-7-12-3-1-2-8-16-12;1-3(2)4;/h4-5,7,10,12-13,15-17,19H,6,8-9,11,14H2,1-3H3,(H,34,35)(H,36,38);1-4,6,8-9H,5,7,15H2;3-4H,1-2H3;1H4. The van der Waals surface area contributed by atoms with Gasteiger partial charge in [-0.25, -0.2) is 0 Å². The Labute approximate surface area is 359 Å². The lowest BCUT2D eigenvalue weighted by Crippen LogP contribution is -2.17. The molecule has 0 atom stereocenters. The number of carbonyl (C=O) groups excluding carboxylic acids is 1. The summed E-state index contributed by atoms with van der Waals surface area (Å²) in [6.07, 6.45) is 9.55. The van der Waals surface area contributed by atoms with Gasteiger partial charge in [-0.2, -0.15) is 5.26 Å². The predicted octanol–water partition coefficient (Wildman–Crippen LogP) is 10.4. The highest BCUT2D eigenvalue weighted by Crippen LogP contribution is 2.34. The number of pyridine rings is 3. The van der Waals surface area contributed by atoms with E-state index in [1.807, 2.05) is 99.9 Å². The van der Waals surface area contributed by atoms with Gasteiger partial charge in [0.15, 0.2) is 0 Å². The van der Waals surface area contributed by atoms with Crippen LogP contribution in [0.4, 0.5) is 22.7 Å². The molecule has 0 spiro atoms. The van der Waals surface area contributed by atoms with E-state index in [9.17, 15) is 10.1 Å². The molecule has 3 aromatic heterocycles. The number of hydrogen-bond acceptors (Lipinski definition) is 9. The second-order valence-corrected chi connectivity index (χ2v) is 15.1. The summed E-state index contributed by atoms with van der Waals surface area (Å²) in [5.74, 6) is -0.0405. The maximum absolute atomic E-state index is 12.6. The van der Waals surface area contributed by atoms with E-state index in [1.54, 1.807) is 38.5 Å². The number of nitrogen functional groups attached to an aromatic ring is 1. The smallest absolute Gasteiger partial charge is 0.224 e. The van der Waals surface area contributed by atoms with Crippen LogP contribution in [0.1, 0.15) is 67.8 Å². The fourth-order valence-electron chi connectivity index (χ4n) is 5.82. The quantitative estimate of drug-likeness (QED) is 0.0833. The molecule has 0 aliphatic carbocycles. The van der Waals surface area contributed by atoms with E-state index in [1.165, 1.54) is 0 Å². The van der Waals surface area contributed by atoms with Crippen LogP contribution in [0, 0.1) is 18.3 Å². The molecule has 0 fully saturated rings. The number of fused-ring (bicyclic) bond motifs is 1. The third kappa shape index (κ3) is 16.0. The van der Waals surface area contributed by atoms with Crippen LogP contribution >= 0.6 is 23.2 Å². The average Bonchev–Trinajstić information content (AvgIpc) is 3.18. The number of aliphatic hydroxyl groups excluding tert-OH is 1. The molecule has 0 bridgehead atoms. The molecule has 6 aromatic rings. The number of rotatable bonds is 13. The Morgan fingerprint density at radius 2 is 1.46 bits per heavy atom. The molecule has 0 saturated carbocycles. The van der Waals surface area contributed by atoms with Crippen molar-refractivity contribution in [1.82, 2.24) is 19.9 Å². The maximum atomic E-state index is 12.6. The van der Waals surface area contributed by atoms with Crippen molar-refractivity contribution in [2.75, 3.05) is 37.0 Å². The van der Waals surface area contributed by atoms with Crippen molar-refractivity contribution in [3.8, 4) is 6.07 Å². The van der Waals surface area contributed by atoms with Gasteiger partial charge in [0.05, 0.1) is 16.8 Å². The average molecular weight is 836 g/mol. The Balaban J connectivity index is 0.000000366. The van der Waals surface area contributed by atoms with Crippen LogP contribution in [-0.4, -0.2) is 57.6 Å². The summed E-state index contributed by atoms with van der Waals surface area (Å²) in [7, 11) is 3.98. The highest BCUT2D eigenvalue weighted by Gasteiger charge is 2.14. The third-order valence-electron chi connectivity index (χ3n) is 8.77. The minimum absolute atomic E-state index is 0. The van der Waals surface area contributed by atoms with Gasteiger partial charge in [0.2, 0.25) is 5.91 Å². The molecule has 1 amide bonds. The second-order valence-electron chi connectivity index (χ2n) is 14.3. The van der Waals surface area contributed by atoms with Crippen molar-refractivity contribution in [3.05, 3.63) is 147 Å². The van der Waals surface area contributed by atoms with Crippen LogP contribution in [0.5, 0.6) is 0 Å².